The molecule has 2 unspecified atom stereocenters. The average Bonchev–Trinajstić information content (AvgIpc) is 2.98. The van der Waals surface area contributed by atoms with Crippen molar-refractivity contribution in [3.63, 3.8) is 0 Å². The summed E-state index contributed by atoms with van der Waals surface area (Å²) in [6, 6.07) is 3.96. The van der Waals surface area contributed by atoms with Crippen molar-refractivity contribution in [3.05, 3.63) is 23.7 Å². The Hall–Kier alpha value is -1.62. The SMILES string of the molecule is CC1(C(=O)O)CCCC1Nc1nccc2sccc12. The van der Waals surface area contributed by atoms with Crippen LogP contribution in [0.1, 0.15) is 26.2 Å². The topological polar surface area (TPSA) is 62.2 Å². The van der Waals surface area contributed by atoms with Crippen LogP contribution in [-0.4, -0.2) is 22.1 Å². The van der Waals surface area contributed by atoms with Gasteiger partial charge in [-0.2, -0.15) is 0 Å². The van der Waals surface area contributed by atoms with Crippen LogP contribution in [0, 0.1) is 5.41 Å². The predicted octanol–water partition coefficient (Wildman–Crippen LogP) is 3.35. The summed E-state index contributed by atoms with van der Waals surface area (Å²) < 4.78 is 1.17. The first-order valence-electron chi connectivity index (χ1n) is 6.43. The van der Waals surface area contributed by atoms with Gasteiger partial charge in [-0.3, -0.25) is 4.79 Å². The van der Waals surface area contributed by atoms with Crippen molar-refractivity contribution in [2.75, 3.05) is 5.32 Å². The Labute approximate surface area is 115 Å². The first kappa shape index (κ1) is 12.4. The maximum atomic E-state index is 11.5. The molecular weight excluding hydrogens is 260 g/mol. The Bertz CT molecular complexity index is 625. The van der Waals surface area contributed by atoms with E-state index in [1.807, 2.05) is 24.4 Å². The summed E-state index contributed by atoms with van der Waals surface area (Å²) >= 11 is 1.67. The van der Waals surface area contributed by atoms with E-state index in [0.717, 1.165) is 30.5 Å². The molecule has 0 amide bonds. The highest BCUT2D eigenvalue weighted by molar-refractivity contribution is 7.17. The summed E-state index contributed by atoms with van der Waals surface area (Å²) in [5.74, 6) is 0.0816. The van der Waals surface area contributed by atoms with E-state index in [1.165, 1.54) is 4.70 Å². The number of aliphatic carboxylic acids is 1. The third-order valence-electron chi connectivity index (χ3n) is 4.14. The van der Waals surface area contributed by atoms with Crippen LogP contribution in [0.2, 0.25) is 0 Å². The second kappa shape index (κ2) is 4.49. The summed E-state index contributed by atoms with van der Waals surface area (Å²) in [5.41, 5.74) is -0.695. The van der Waals surface area contributed by atoms with Crippen LogP contribution in [0.5, 0.6) is 0 Å². The standard InChI is InChI=1S/C14H16N2O2S/c1-14(13(17)18)6-2-3-11(14)16-12-9-5-8-19-10(9)4-7-15-12/h4-5,7-8,11H,2-3,6H2,1H3,(H,15,16)(H,17,18). The molecule has 0 aliphatic heterocycles. The Morgan fingerprint density at radius 2 is 2.42 bits per heavy atom. The van der Waals surface area contributed by atoms with Gasteiger partial charge in [0.2, 0.25) is 0 Å². The van der Waals surface area contributed by atoms with Crippen LogP contribution in [0.15, 0.2) is 23.7 Å². The van der Waals surface area contributed by atoms with Crippen molar-refractivity contribution in [2.24, 2.45) is 5.41 Å². The molecule has 0 bridgehead atoms. The number of fused-ring (bicyclic) bond motifs is 1. The fourth-order valence-electron chi connectivity index (χ4n) is 2.83. The number of pyridine rings is 1. The summed E-state index contributed by atoms with van der Waals surface area (Å²) in [7, 11) is 0. The van der Waals surface area contributed by atoms with E-state index in [1.54, 1.807) is 17.5 Å². The highest BCUT2D eigenvalue weighted by atomic mass is 32.1. The molecule has 1 aliphatic rings. The maximum absolute atomic E-state index is 11.5. The molecule has 5 heteroatoms. The number of carbonyl (C=O) groups is 1. The Morgan fingerprint density at radius 1 is 1.58 bits per heavy atom. The zero-order chi connectivity index (χ0) is 13.5. The van der Waals surface area contributed by atoms with Crippen LogP contribution in [-0.2, 0) is 4.79 Å². The van der Waals surface area contributed by atoms with Crippen LogP contribution in [0.25, 0.3) is 10.1 Å². The van der Waals surface area contributed by atoms with Crippen molar-refractivity contribution < 1.29 is 9.90 Å². The van der Waals surface area contributed by atoms with Crippen molar-refractivity contribution in [1.29, 1.82) is 0 Å². The molecule has 2 N–H and O–H groups in total. The third-order valence-corrected chi connectivity index (χ3v) is 5.02. The minimum absolute atomic E-state index is 0.0528. The van der Waals surface area contributed by atoms with Gasteiger partial charge in [-0.1, -0.05) is 6.42 Å². The Balaban J connectivity index is 1.93. The molecule has 2 aromatic rings. The van der Waals surface area contributed by atoms with Gasteiger partial charge in [-0.15, -0.1) is 11.3 Å². The molecule has 19 heavy (non-hydrogen) atoms. The second-order valence-electron chi connectivity index (χ2n) is 5.30. The van der Waals surface area contributed by atoms with Crippen molar-refractivity contribution in [1.82, 2.24) is 4.98 Å². The fourth-order valence-corrected chi connectivity index (χ4v) is 3.61. The molecule has 2 aromatic heterocycles. The van der Waals surface area contributed by atoms with Gasteiger partial charge >= 0.3 is 5.97 Å². The van der Waals surface area contributed by atoms with Gasteiger partial charge in [0.1, 0.15) is 5.82 Å². The molecule has 0 spiro atoms. The highest BCUT2D eigenvalue weighted by Gasteiger charge is 2.45. The van der Waals surface area contributed by atoms with Gasteiger partial charge in [-0.25, -0.2) is 4.98 Å². The van der Waals surface area contributed by atoms with E-state index in [2.05, 4.69) is 10.3 Å². The second-order valence-corrected chi connectivity index (χ2v) is 6.25. The van der Waals surface area contributed by atoms with Crippen molar-refractivity contribution in [2.45, 2.75) is 32.2 Å². The lowest BCUT2D eigenvalue weighted by atomic mass is 9.85. The highest BCUT2D eigenvalue weighted by Crippen LogP contribution is 2.40. The minimum Gasteiger partial charge on any atom is -0.481 e. The van der Waals surface area contributed by atoms with Gasteiger partial charge in [0, 0.05) is 22.3 Å². The predicted molar refractivity (Wildman–Crippen MR) is 76.6 cm³/mol. The van der Waals surface area contributed by atoms with Gasteiger partial charge < -0.3 is 10.4 Å². The van der Waals surface area contributed by atoms with Crippen molar-refractivity contribution >= 4 is 33.2 Å². The first-order chi connectivity index (χ1) is 9.11. The number of hydrogen-bond donors (Lipinski definition) is 2. The van der Waals surface area contributed by atoms with Gasteiger partial charge in [0.05, 0.1) is 5.41 Å². The zero-order valence-corrected chi connectivity index (χ0v) is 11.5. The van der Waals surface area contributed by atoms with E-state index in [4.69, 9.17) is 0 Å². The molecule has 100 valence electrons. The molecule has 1 fully saturated rings. The molecule has 1 aliphatic carbocycles. The molecule has 2 atom stereocenters. The molecule has 0 aromatic carbocycles. The quantitative estimate of drug-likeness (QED) is 0.902. The molecule has 2 heterocycles. The number of rotatable bonds is 3. The average molecular weight is 276 g/mol. The lowest BCUT2D eigenvalue weighted by molar-refractivity contribution is -0.147. The molecule has 1 saturated carbocycles. The number of carboxylic acid groups (broad SMARTS) is 1. The lowest BCUT2D eigenvalue weighted by Crippen LogP contribution is -2.40. The first-order valence-corrected chi connectivity index (χ1v) is 7.31. The van der Waals surface area contributed by atoms with E-state index >= 15 is 0 Å². The van der Waals surface area contributed by atoms with Crippen LogP contribution >= 0.6 is 11.3 Å². The summed E-state index contributed by atoms with van der Waals surface area (Å²) in [6.45, 7) is 1.83. The normalized spacial score (nSPS) is 26.7. The lowest BCUT2D eigenvalue weighted by Gasteiger charge is -2.28. The maximum Gasteiger partial charge on any atom is 0.311 e. The number of thiophene rings is 1. The number of anilines is 1. The van der Waals surface area contributed by atoms with Gasteiger partial charge in [-0.05, 0) is 37.3 Å². The van der Waals surface area contributed by atoms with E-state index in [0.29, 0.717) is 0 Å². The van der Waals surface area contributed by atoms with Crippen molar-refractivity contribution in [3.8, 4) is 0 Å². The van der Waals surface area contributed by atoms with Gasteiger partial charge in [0.25, 0.3) is 0 Å². The van der Waals surface area contributed by atoms with E-state index < -0.39 is 11.4 Å². The smallest absolute Gasteiger partial charge is 0.311 e. The zero-order valence-electron chi connectivity index (χ0n) is 10.7. The van der Waals surface area contributed by atoms with E-state index in [9.17, 15) is 9.90 Å². The summed E-state index contributed by atoms with van der Waals surface area (Å²) in [6.07, 6.45) is 4.32. The summed E-state index contributed by atoms with van der Waals surface area (Å²) in [4.78, 5) is 15.8. The number of aromatic nitrogens is 1. The van der Waals surface area contributed by atoms with Gasteiger partial charge in [0.15, 0.2) is 0 Å². The monoisotopic (exact) mass is 276 g/mol. The number of nitrogens with one attached hydrogen (secondary N) is 1. The van der Waals surface area contributed by atoms with Crippen LogP contribution < -0.4 is 5.32 Å². The summed E-state index contributed by atoms with van der Waals surface area (Å²) in [5, 5.41) is 15.9. The molecule has 3 rings (SSSR count). The fraction of sp³-hybridized carbons (Fsp3) is 0.429. The minimum atomic E-state index is -0.722. The molecule has 0 radical (unpaired) electrons. The third kappa shape index (κ3) is 1.98. The number of nitrogens with zero attached hydrogens (tertiary/aromatic N) is 1. The van der Waals surface area contributed by atoms with Crippen LogP contribution in [0.4, 0.5) is 5.82 Å². The largest absolute Gasteiger partial charge is 0.481 e. The number of carboxylic acids is 1. The number of hydrogen-bond acceptors (Lipinski definition) is 4. The molecule has 4 nitrogen and oxygen atoms in total. The molecular formula is C14H16N2O2S. The van der Waals surface area contributed by atoms with E-state index in [-0.39, 0.29) is 6.04 Å². The van der Waals surface area contributed by atoms with Crippen LogP contribution in [0.3, 0.4) is 0 Å². The molecule has 0 saturated heterocycles. The Kier molecular flexibility index (Phi) is 2.93. The Morgan fingerprint density at radius 3 is 3.21 bits per heavy atom.